The van der Waals surface area contributed by atoms with Crippen molar-refractivity contribution in [1.29, 1.82) is 0 Å². The molecule has 1 saturated carbocycles. The summed E-state index contributed by atoms with van der Waals surface area (Å²) in [7, 11) is 0. The van der Waals surface area contributed by atoms with Gasteiger partial charge in [-0.25, -0.2) is 9.45 Å². The lowest BCUT2D eigenvalue weighted by Crippen LogP contribution is -2.55. The van der Waals surface area contributed by atoms with E-state index in [-0.39, 0.29) is 35.7 Å². The zero-order valence-electron chi connectivity index (χ0n) is 17.7. The van der Waals surface area contributed by atoms with E-state index in [1.54, 1.807) is 36.4 Å². The highest BCUT2D eigenvalue weighted by molar-refractivity contribution is 5.83. The number of rotatable bonds is 5. The molecule has 0 heterocycles. The molecule has 3 rings (SSSR count). The van der Waals surface area contributed by atoms with E-state index in [2.05, 4.69) is 5.32 Å². The lowest BCUT2D eigenvalue weighted by molar-refractivity contribution is -0.262. The molecule has 0 saturated heterocycles. The Morgan fingerprint density at radius 3 is 2.10 bits per heavy atom. The first-order chi connectivity index (χ1) is 14.3. The Bertz CT molecular complexity index is 946. The minimum absolute atomic E-state index is 0.148. The standard InChI is InChI=1S/C23H26F4N2O2/c1-21(2,3)18-10-9-17(13-19(18)24)28-16-7-5-15(6-8-16)14-29(31)20(30)22(11-4-12-22)23(25,26)27/h5-10,13,28,31H,4,11-12,14H2,1-3H3. The number of anilines is 2. The summed E-state index contributed by atoms with van der Waals surface area (Å²) in [6.45, 7) is 5.42. The highest BCUT2D eigenvalue weighted by Crippen LogP contribution is 2.54. The zero-order valence-corrected chi connectivity index (χ0v) is 17.7. The maximum Gasteiger partial charge on any atom is 0.403 e. The molecule has 4 nitrogen and oxygen atoms in total. The van der Waals surface area contributed by atoms with E-state index in [0.29, 0.717) is 28.9 Å². The normalized spacial score (nSPS) is 15.9. The van der Waals surface area contributed by atoms with Crippen LogP contribution in [0.4, 0.5) is 28.9 Å². The third-order valence-corrected chi connectivity index (χ3v) is 5.75. The molecule has 2 aromatic rings. The fourth-order valence-electron chi connectivity index (χ4n) is 3.70. The number of alkyl halides is 3. The van der Waals surface area contributed by atoms with Gasteiger partial charge in [0.1, 0.15) is 11.2 Å². The van der Waals surface area contributed by atoms with E-state index in [4.69, 9.17) is 0 Å². The molecule has 0 aromatic heterocycles. The van der Waals surface area contributed by atoms with Crippen LogP contribution in [0.15, 0.2) is 42.5 Å². The fraction of sp³-hybridized carbons (Fsp3) is 0.435. The quantitative estimate of drug-likeness (QED) is 0.326. The van der Waals surface area contributed by atoms with Gasteiger partial charge in [0.2, 0.25) is 0 Å². The van der Waals surface area contributed by atoms with Crippen molar-refractivity contribution in [3.63, 3.8) is 0 Å². The van der Waals surface area contributed by atoms with Gasteiger partial charge in [0.25, 0.3) is 5.91 Å². The smallest absolute Gasteiger partial charge is 0.355 e. The van der Waals surface area contributed by atoms with Gasteiger partial charge in [-0.2, -0.15) is 13.2 Å². The molecule has 8 heteroatoms. The second-order valence-electron chi connectivity index (χ2n) is 9.06. The van der Waals surface area contributed by atoms with Crippen molar-refractivity contribution in [2.45, 2.75) is 58.2 Å². The minimum atomic E-state index is -4.69. The van der Waals surface area contributed by atoms with E-state index in [1.165, 1.54) is 6.07 Å². The largest absolute Gasteiger partial charge is 0.403 e. The summed E-state index contributed by atoms with van der Waals surface area (Å²) in [4.78, 5) is 12.2. The summed E-state index contributed by atoms with van der Waals surface area (Å²) in [5, 5.41) is 13.2. The Morgan fingerprint density at radius 1 is 1.06 bits per heavy atom. The molecule has 1 aliphatic rings. The fourth-order valence-corrected chi connectivity index (χ4v) is 3.70. The lowest BCUT2D eigenvalue weighted by atomic mass is 9.67. The first-order valence-corrected chi connectivity index (χ1v) is 10.1. The minimum Gasteiger partial charge on any atom is -0.355 e. The number of amides is 1. The number of hydrogen-bond donors (Lipinski definition) is 2. The lowest BCUT2D eigenvalue weighted by Gasteiger charge is -2.42. The first-order valence-electron chi connectivity index (χ1n) is 10.1. The number of carbonyl (C=O) groups is 1. The van der Waals surface area contributed by atoms with Crippen molar-refractivity contribution >= 4 is 17.3 Å². The van der Waals surface area contributed by atoms with Crippen LogP contribution < -0.4 is 5.32 Å². The molecule has 0 unspecified atom stereocenters. The van der Waals surface area contributed by atoms with Gasteiger partial charge in [-0.15, -0.1) is 0 Å². The molecule has 0 bridgehead atoms. The Hall–Kier alpha value is -2.61. The number of carbonyl (C=O) groups excluding carboxylic acids is 1. The monoisotopic (exact) mass is 438 g/mol. The molecule has 168 valence electrons. The van der Waals surface area contributed by atoms with Crippen LogP contribution in [-0.2, 0) is 16.8 Å². The molecular formula is C23H26F4N2O2. The van der Waals surface area contributed by atoms with Crippen molar-refractivity contribution in [3.8, 4) is 0 Å². The number of hydrogen-bond acceptors (Lipinski definition) is 3. The molecule has 0 spiro atoms. The van der Waals surface area contributed by atoms with E-state index < -0.39 is 17.5 Å². The molecule has 0 aliphatic heterocycles. The van der Waals surface area contributed by atoms with Crippen LogP contribution in [0.25, 0.3) is 0 Å². The van der Waals surface area contributed by atoms with Crippen molar-refractivity contribution in [3.05, 3.63) is 59.4 Å². The summed E-state index contributed by atoms with van der Waals surface area (Å²) >= 11 is 0. The van der Waals surface area contributed by atoms with Crippen molar-refractivity contribution < 1.29 is 27.6 Å². The summed E-state index contributed by atoms with van der Waals surface area (Å²) < 4.78 is 54.2. The zero-order chi connectivity index (χ0) is 23.0. The number of benzene rings is 2. The average molecular weight is 438 g/mol. The number of hydroxylamine groups is 2. The van der Waals surface area contributed by atoms with Gasteiger partial charge in [-0.3, -0.25) is 10.0 Å². The second-order valence-corrected chi connectivity index (χ2v) is 9.06. The summed E-state index contributed by atoms with van der Waals surface area (Å²) in [6.07, 6.45) is -4.99. The van der Waals surface area contributed by atoms with Crippen LogP contribution in [0, 0.1) is 11.2 Å². The predicted molar refractivity (Wildman–Crippen MR) is 110 cm³/mol. The van der Waals surface area contributed by atoms with Crippen LogP contribution >= 0.6 is 0 Å². The summed E-state index contributed by atoms with van der Waals surface area (Å²) in [6, 6.07) is 11.3. The molecule has 2 N–H and O–H groups in total. The Labute approximate surface area is 178 Å². The molecular weight excluding hydrogens is 412 g/mol. The van der Waals surface area contributed by atoms with Gasteiger partial charge < -0.3 is 5.32 Å². The first kappa shape index (κ1) is 23.1. The van der Waals surface area contributed by atoms with Gasteiger partial charge in [0.05, 0.1) is 6.54 Å². The molecule has 0 atom stereocenters. The topological polar surface area (TPSA) is 52.6 Å². The van der Waals surface area contributed by atoms with Crippen LogP contribution in [0.2, 0.25) is 0 Å². The Morgan fingerprint density at radius 2 is 1.65 bits per heavy atom. The summed E-state index contributed by atoms with van der Waals surface area (Å²) in [5.74, 6) is -1.64. The predicted octanol–water partition coefficient (Wildman–Crippen LogP) is 6.32. The van der Waals surface area contributed by atoms with Crippen LogP contribution in [0.5, 0.6) is 0 Å². The maximum absolute atomic E-state index is 14.4. The third kappa shape index (κ3) is 4.69. The molecule has 2 aromatic carbocycles. The van der Waals surface area contributed by atoms with Crippen LogP contribution in [-0.4, -0.2) is 22.4 Å². The Kier molecular flexibility index (Phi) is 6.06. The third-order valence-electron chi connectivity index (χ3n) is 5.75. The molecule has 0 radical (unpaired) electrons. The molecule has 31 heavy (non-hydrogen) atoms. The van der Waals surface area contributed by atoms with E-state index >= 15 is 0 Å². The summed E-state index contributed by atoms with van der Waals surface area (Å²) in [5.41, 5.74) is -0.548. The Balaban J connectivity index is 1.65. The van der Waals surface area contributed by atoms with E-state index in [9.17, 15) is 27.6 Å². The van der Waals surface area contributed by atoms with Crippen LogP contribution in [0.1, 0.15) is 51.2 Å². The second kappa shape index (κ2) is 8.15. The van der Waals surface area contributed by atoms with Crippen molar-refractivity contribution in [2.75, 3.05) is 5.32 Å². The molecule has 1 amide bonds. The van der Waals surface area contributed by atoms with E-state index in [0.717, 1.165) is 0 Å². The maximum atomic E-state index is 14.4. The van der Waals surface area contributed by atoms with Gasteiger partial charge in [-0.05, 0) is 53.6 Å². The number of nitrogens with zero attached hydrogens (tertiary/aromatic N) is 1. The van der Waals surface area contributed by atoms with Gasteiger partial charge in [0, 0.05) is 11.4 Å². The molecule has 1 aliphatic carbocycles. The van der Waals surface area contributed by atoms with Gasteiger partial charge >= 0.3 is 6.18 Å². The highest BCUT2D eigenvalue weighted by atomic mass is 19.4. The molecule has 1 fully saturated rings. The highest BCUT2D eigenvalue weighted by Gasteiger charge is 2.64. The average Bonchev–Trinajstić information content (AvgIpc) is 2.60. The SMILES string of the molecule is CC(C)(C)c1ccc(Nc2ccc(CN(O)C(=O)C3(C(F)(F)F)CCC3)cc2)cc1F. The number of halogens is 4. The number of nitrogens with one attached hydrogen (secondary N) is 1. The van der Waals surface area contributed by atoms with E-state index in [1.807, 2.05) is 20.8 Å². The van der Waals surface area contributed by atoms with Crippen molar-refractivity contribution in [2.24, 2.45) is 5.41 Å². The van der Waals surface area contributed by atoms with Gasteiger partial charge in [0.15, 0.2) is 0 Å². The van der Waals surface area contributed by atoms with Gasteiger partial charge in [-0.1, -0.05) is 45.4 Å². The van der Waals surface area contributed by atoms with Crippen LogP contribution in [0.3, 0.4) is 0 Å². The van der Waals surface area contributed by atoms with Crippen molar-refractivity contribution in [1.82, 2.24) is 5.06 Å².